The zero-order valence-electron chi connectivity index (χ0n) is 14.0. The van der Waals surface area contributed by atoms with Gasteiger partial charge in [-0.15, -0.1) is 0 Å². The smallest absolute Gasteiger partial charge is 0.249 e. The molecule has 3 heterocycles. The van der Waals surface area contributed by atoms with Gasteiger partial charge in [-0.25, -0.2) is 0 Å². The second kappa shape index (κ2) is 5.46. The number of nitrogens with zero attached hydrogens (tertiary/aromatic N) is 1. The molecule has 0 spiro atoms. The Bertz CT molecular complexity index is 1350. The van der Waals surface area contributed by atoms with Gasteiger partial charge in [0.25, 0.3) is 0 Å². The van der Waals surface area contributed by atoms with E-state index in [-0.39, 0.29) is 5.56 Å². The number of ether oxygens (including phenoxy) is 1. The Kier molecular flexibility index (Phi) is 3.09. The van der Waals surface area contributed by atoms with Gasteiger partial charge in [-0.05, 0) is 24.3 Å². The number of methoxy groups -OCH3 is 1. The van der Waals surface area contributed by atoms with Gasteiger partial charge in [0.1, 0.15) is 5.75 Å². The number of rotatable bonds is 2. The molecule has 0 aliphatic rings. The molecule has 3 aromatic heterocycles. The topological polar surface area (TPSA) is 70.8 Å². The van der Waals surface area contributed by atoms with E-state index in [0.29, 0.717) is 0 Å². The van der Waals surface area contributed by atoms with Crippen LogP contribution in [0.3, 0.4) is 0 Å². The van der Waals surface area contributed by atoms with Crippen LogP contribution >= 0.6 is 0 Å². The summed E-state index contributed by atoms with van der Waals surface area (Å²) in [6.07, 6.45) is 1.75. The zero-order chi connectivity index (χ0) is 17.7. The summed E-state index contributed by atoms with van der Waals surface area (Å²) in [6.45, 7) is 0. The van der Waals surface area contributed by atoms with Crippen LogP contribution in [0.1, 0.15) is 0 Å². The maximum absolute atomic E-state index is 12.4. The van der Waals surface area contributed by atoms with Crippen LogP contribution in [0.2, 0.25) is 0 Å². The monoisotopic (exact) mass is 341 g/mol. The van der Waals surface area contributed by atoms with E-state index >= 15 is 0 Å². The Labute approximate surface area is 148 Å². The summed E-state index contributed by atoms with van der Waals surface area (Å²) < 4.78 is 5.29. The highest BCUT2D eigenvalue weighted by atomic mass is 16.5. The number of aromatic amines is 2. The highest BCUT2D eigenvalue weighted by molar-refractivity contribution is 6.12. The minimum Gasteiger partial charge on any atom is -0.497 e. The van der Waals surface area contributed by atoms with Crippen molar-refractivity contribution in [3.8, 4) is 17.0 Å². The van der Waals surface area contributed by atoms with Crippen LogP contribution < -0.4 is 10.3 Å². The lowest BCUT2D eigenvalue weighted by molar-refractivity contribution is 0.415. The van der Waals surface area contributed by atoms with Crippen molar-refractivity contribution in [2.24, 2.45) is 0 Å². The summed E-state index contributed by atoms with van der Waals surface area (Å²) in [5.74, 6) is 0.750. The van der Waals surface area contributed by atoms with E-state index in [2.05, 4.69) is 15.0 Å². The van der Waals surface area contributed by atoms with Gasteiger partial charge in [0.15, 0.2) is 0 Å². The lowest BCUT2D eigenvalue weighted by atomic mass is 10.0. The Morgan fingerprint density at radius 1 is 0.923 bits per heavy atom. The molecule has 0 aliphatic carbocycles. The third-order valence-electron chi connectivity index (χ3n) is 4.74. The van der Waals surface area contributed by atoms with Crippen molar-refractivity contribution in [2.75, 3.05) is 7.11 Å². The van der Waals surface area contributed by atoms with Gasteiger partial charge in [0.2, 0.25) is 5.56 Å². The second-order valence-electron chi connectivity index (χ2n) is 6.21. The largest absolute Gasteiger partial charge is 0.497 e. The highest BCUT2D eigenvalue weighted by Gasteiger charge is 2.14. The number of H-pyrrole nitrogens is 2. The van der Waals surface area contributed by atoms with Crippen molar-refractivity contribution in [2.45, 2.75) is 0 Å². The number of benzene rings is 2. The average molecular weight is 341 g/mol. The number of pyridine rings is 2. The number of hydrogen-bond acceptors (Lipinski definition) is 3. The van der Waals surface area contributed by atoms with Crippen molar-refractivity contribution < 1.29 is 4.74 Å². The van der Waals surface area contributed by atoms with Crippen molar-refractivity contribution in [3.05, 3.63) is 71.1 Å². The molecule has 5 aromatic rings. The molecule has 0 saturated carbocycles. The third-order valence-corrected chi connectivity index (χ3v) is 4.74. The van der Waals surface area contributed by atoms with Gasteiger partial charge in [0, 0.05) is 45.6 Å². The number of nitrogens with one attached hydrogen (secondary N) is 2. The quantitative estimate of drug-likeness (QED) is 0.505. The third kappa shape index (κ3) is 2.10. The lowest BCUT2D eigenvalue weighted by Gasteiger charge is -2.09. The van der Waals surface area contributed by atoms with Gasteiger partial charge in [-0.1, -0.05) is 18.2 Å². The standard InChI is InChI=1S/C21H15N3O2/c1-26-12-6-7-14-15(8-9-22-18(14)10-12)20-21-16(11-19(25)24-20)13-4-2-3-5-17(13)23-21/h2-11,23H,1H3,(H,24,25). The van der Waals surface area contributed by atoms with E-state index in [1.165, 1.54) is 0 Å². The van der Waals surface area contributed by atoms with Crippen molar-refractivity contribution in [1.29, 1.82) is 0 Å². The Morgan fingerprint density at radius 2 is 1.81 bits per heavy atom. The minimum absolute atomic E-state index is 0.129. The molecule has 0 fully saturated rings. The van der Waals surface area contributed by atoms with Crippen molar-refractivity contribution in [1.82, 2.24) is 15.0 Å². The molecule has 26 heavy (non-hydrogen) atoms. The molecule has 0 unspecified atom stereocenters. The molecule has 5 heteroatoms. The molecule has 0 saturated heterocycles. The van der Waals surface area contributed by atoms with Gasteiger partial charge in [0.05, 0.1) is 23.8 Å². The fourth-order valence-corrected chi connectivity index (χ4v) is 3.54. The summed E-state index contributed by atoms with van der Waals surface area (Å²) in [6, 6.07) is 17.3. The number of aromatic nitrogens is 3. The molecule has 2 aromatic carbocycles. The maximum atomic E-state index is 12.4. The zero-order valence-corrected chi connectivity index (χ0v) is 14.0. The van der Waals surface area contributed by atoms with Crippen LogP contribution in [0.15, 0.2) is 65.6 Å². The molecule has 0 bridgehead atoms. The summed E-state index contributed by atoms with van der Waals surface area (Å²) >= 11 is 0. The predicted octanol–water partition coefficient (Wildman–Crippen LogP) is 4.23. The molecule has 2 N–H and O–H groups in total. The van der Waals surface area contributed by atoms with E-state index in [4.69, 9.17) is 4.74 Å². The molecular weight excluding hydrogens is 326 g/mol. The summed E-state index contributed by atoms with van der Waals surface area (Å²) in [5.41, 5.74) is 4.29. The molecule has 0 aliphatic heterocycles. The summed E-state index contributed by atoms with van der Waals surface area (Å²) in [7, 11) is 1.63. The molecule has 5 nitrogen and oxygen atoms in total. The molecule has 5 rings (SSSR count). The highest BCUT2D eigenvalue weighted by Crippen LogP contribution is 2.34. The van der Waals surface area contributed by atoms with E-state index in [1.54, 1.807) is 19.4 Å². The van der Waals surface area contributed by atoms with E-state index in [0.717, 1.165) is 49.7 Å². The molecule has 0 amide bonds. The molecule has 126 valence electrons. The first-order chi connectivity index (χ1) is 12.7. The Balaban J connectivity index is 1.90. The van der Waals surface area contributed by atoms with Crippen molar-refractivity contribution >= 4 is 32.7 Å². The average Bonchev–Trinajstić information content (AvgIpc) is 3.05. The molecule has 0 atom stereocenters. The second-order valence-corrected chi connectivity index (χ2v) is 6.21. The normalized spacial score (nSPS) is 11.4. The Hall–Kier alpha value is -3.60. The van der Waals surface area contributed by atoms with Crippen LogP contribution in [0.4, 0.5) is 0 Å². The van der Waals surface area contributed by atoms with Gasteiger partial charge in [-0.3, -0.25) is 9.78 Å². The lowest BCUT2D eigenvalue weighted by Crippen LogP contribution is -2.05. The summed E-state index contributed by atoms with van der Waals surface area (Å²) in [4.78, 5) is 23.2. The van der Waals surface area contributed by atoms with Gasteiger partial charge < -0.3 is 14.7 Å². The number of para-hydroxylation sites is 1. The first kappa shape index (κ1) is 14.7. The van der Waals surface area contributed by atoms with Crippen LogP contribution in [0, 0.1) is 0 Å². The van der Waals surface area contributed by atoms with Crippen LogP contribution in [0.25, 0.3) is 44.0 Å². The minimum atomic E-state index is -0.129. The van der Waals surface area contributed by atoms with Crippen molar-refractivity contribution in [3.63, 3.8) is 0 Å². The van der Waals surface area contributed by atoms with Gasteiger partial charge >= 0.3 is 0 Å². The first-order valence-electron chi connectivity index (χ1n) is 8.31. The SMILES string of the molecule is COc1ccc2c(-c3[nH]c(=O)cc4c3[nH]c3ccccc34)ccnc2c1. The predicted molar refractivity (Wildman–Crippen MR) is 104 cm³/mol. The van der Waals surface area contributed by atoms with E-state index in [1.807, 2.05) is 48.5 Å². The number of fused-ring (bicyclic) bond motifs is 4. The van der Waals surface area contributed by atoms with E-state index in [9.17, 15) is 4.79 Å². The van der Waals surface area contributed by atoms with E-state index < -0.39 is 0 Å². The van der Waals surface area contributed by atoms with Crippen LogP contribution in [-0.4, -0.2) is 22.1 Å². The first-order valence-corrected chi connectivity index (χ1v) is 8.31. The van der Waals surface area contributed by atoms with Gasteiger partial charge in [-0.2, -0.15) is 0 Å². The fraction of sp³-hybridized carbons (Fsp3) is 0.0476. The van der Waals surface area contributed by atoms with Crippen LogP contribution in [-0.2, 0) is 0 Å². The Morgan fingerprint density at radius 3 is 2.69 bits per heavy atom. The molecular formula is C21H15N3O2. The molecule has 0 radical (unpaired) electrons. The summed E-state index contributed by atoms with van der Waals surface area (Å²) in [5, 5.41) is 2.91. The maximum Gasteiger partial charge on any atom is 0.249 e. The fourth-order valence-electron chi connectivity index (χ4n) is 3.54. The van der Waals surface area contributed by atoms with Crippen LogP contribution in [0.5, 0.6) is 5.75 Å². The number of hydrogen-bond donors (Lipinski definition) is 2.